The summed E-state index contributed by atoms with van der Waals surface area (Å²) in [5, 5.41) is 0. The Balaban J connectivity index is 2.17. The van der Waals surface area contributed by atoms with E-state index in [0.29, 0.717) is 12.6 Å². The third-order valence-electron chi connectivity index (χ3n) is 3.75. The highest BCUT2D eigenvalue weighted by Gasteiger charge is 2.22. The largest absolute Gasteiger partial charge is 0.491 e. The fourth-order valence-electron chi connectivity index (χ4n) is 2.82. The lowest BCUT2D eigenvalue weighted by Crippen LogP contribution is -2.31. The molecule has 1 saturated heterocycles. The summed E-state index contributed by atoms with van der Waals surface area (Å²) in [5.74, 6) is 0.982. The van der Waals surface area contributed by atoms with Crippen LogP contribution >= 0.6 is 0 Å². The molecule has 1 unspecified atom stereocenters. The Labute approximate surface area is 116 Å². The van der Waals surface area contributed by atoms with E-state index in [1.807, 2.05) is 0 Å². The highest BCUT2D eigenvalue weighted by atomic mass is 16.5. The second kappa shape index (κ2) is 6.40. The number of benzene rings is 1. The lowest BCUT2D eigenvalue weighted by atomic mass is 10.0. The zero-order valence-corrected chi connectivity index (χ0v) is 12.4. The molecule has 2 N–H and O–H groups in total. The van der Waals surface area contributed by atoms with Crippen molar-refractivity contribution in [2.45, 2.75) is 45.8 Å². The molecule has 1 atom stereocenters. The van der Waals surface area contributed by atoms with Crippen molar-refractivity contribution in [3.63, 3.8) is 0 Å². The molecule has 1 aromatic carbocycles. The van der Waals surface area contributed by atoms with E-state index in [9.17, 15) is 0 Å². The number of rotatable bonds is 5. The maximum atomic E-state index is 5.98. The van der Waals surface area contributed by atoms with Crippen LogP contribution < -0.4 is 10.5 Å². The van der Waals surface area contributed by atoms with Gasteiger partial charge >= 0.3 is 0 Å². The smallest absolute Gasteiger partial charge is 0.122 e. The normalized spacial score (nSPS) is 17.9. The molecule has 0 aromatic heterocycles. The summed E-state index contributed by atoms with van der Waals surface area (Å²) >= 11 is 0. The number of nitrogens with two attached hydrogens (primary N) is 1. The summed E-state index contributed by atoms with van der Waals surface area (Å²) in [4.78, 5) is 2.50. The van der Waals surface area contributed by atoms with Crippen LogP contribution in [-0.2, 0) is 0 Å². The SMILES string of the molecule is Cc1cc(C(CN)N2CCCC2)ccc1OC(C)C. The van der Waals surface area contributed by atoms with Crippen LogP contribution in [-0.4, -0.2) is 30.6 Å². The quantitative estimate of drug-likeness (QED) is 0.886. The van der Waals surface area contributed by atoms with Gasteiger partial charge in [0.2, 0.25) is 0 Å². The third-order valence-corrected chi connectivity index (χ3v) is 3.75. The topological polar surface area (TPSA) is 38.5 Å². The lowest BCUT2D eigenvalue weighted by molar-refractivity contribution is 0.238. The molecule has 1 aliphatic heterocycles. The van der Waals surface area contributed by atoms with Crippen LogP contribution in [0.3, 0.4) is 0 Å². The Morgan fingerprint density at radius 3 is 2.47 bits per heavy atom. The molecule has 1 fully saturated rings. The monoisotopic (exact) mass is 262 g/mol. The van der Waals surface area contributed by atoms with Gasteiger partial charge in [0.1, 0.15) is 5.75 Å². The van der Waals surface area contributed by atoms with Crippen molar-refractivity contribution >= 4 is 0 Å². The van der Waals surface area contributed by atoms with Crippen molar-refractivity contribution < 1.29 is 4.74 Å². The molecule has 0 spiro atoms. The van der Waals surface area contributed by atoms with Crippen LogP contribution in [0.5, 0.6) is 5.75 Å². The Hall–Kier alpha value is -1.06. The molecule has 3 heteroatoms. The van der Waals surface area contributed by atoms with Crippen molar-refractivity contribution in [2.75, 3.05) is 19.6 Å². The Morgan fingerprint density at radius 1 is 1.26 bits per heavy atom. The molecule has 0 saturated carbocycles. The molecule has 2 rings (SSSR count). The van der Waals surface area contributed by atoms with Crippen molar-refractivity contribution in [3.05, 3.63) is 29.3 Å². The average Bonchev–Trinajstić information content (AvgIpc) is 2.87. The molecular formula is C16H26N2O. The number of ether oxygens (including phenoxy) is 1. The first-order valence-electron chi connectivity index (χ1n) is 7.33. The summed E-state index contributed by atoms with van der Waals surface area (Å²) in [6.45, 7) is 9.25. The van der Waals surface area contributed by atoms with Crippen molar-refractivity contribution in [2.24, 2.45) is 5.73 Å². The van der Waals surface area contributed by atoms with Gasteiger partial charge in [0, 0.05) is 12.6 Å². The van der Waals surface area contributed by atoms with Crippen molar-refractivity contribution in [1.82, 2.24) is 4.90 Å². The van der Waals surface area contributed by atoms with Gasteiger partial charge in [0.25, 0.3) is 0 Å². The summed E-state index contributed by atoms with van der Waals surface area (Å²) in [7, 11) is 0. The standard InChI is InChI=1S/C16H26N2O/c1-12(2)19-16-7-6-14(10-13(16)3)15(11-17)18-8-4-5-9-18/h6-7,10,12,15H,4-5,8-9,11,17H2,1-3H3. The molecule has 1 aromatic rings. The lowest BCUT2D eigenvalue weighted by Gasteiger charge is -2.27. The van der Waals surface area contributed by atoms with Gasteiger partial charge in [-0.2, -0.15) is 0 Å². The van der Waals surface area contributed by atoms with Crippen LogP contribution in [0.15, 0.2) is 18.2 Å². The first kappa shape index (κ1) is 14.4. The molecule has 0 aliphatic carbocycles. The minimum atomic E-state index is 0.216. The first-order chi connectivity index (χ1) is 9.11. The molecular weight excluding hydrogens is 236 g/mol. The van der Waals surface area contributed by atoms with E-state index in [1.165, 1.54) is 37.1 Å². The van der Waals surface area contributed by atoms with Gasteiger partial charge in [-0.05, 0) is 63.9 Å². The van der Waals surface area contributed by atoms with E-state index in [0.717, 1.165) is 5.75 Å². The van der Waals surface area contributed by atoms with E-state index < -0.39 is 0 Å². The predicted octanol–water partition coefficient (Wildman–Crippen LogP) is 2.88. The van der Waals surface area contributed by atoms with Gasteiger partial charge in [-0.3, -0.25) is 4.90 Å². The third kappa shape index (κ3) is 3.48. The molecule has 0 bridgehead atoms. The van der Waals surface area contributed by atoms with E-state index in [4.69, 9.17) is 10.5 Å². The average molecular weight is 262 g/mol. The van der Waals surface area contributed by atoms with Crippen LogP contribution in [0.2, 0.25) is 0 Å². The van der Waals surface area contributed by atoms with Gasteiger partial charge in [0.15, 0.2) is 0 Å². The Morgan fingerprint density at radius 2 is 1.95 bits per heavy atom. The van der Waals surface area contributed by atoms with Crippen molar-refractivity contribution in [3.8, 4) is 5.75 Å². The summed E-state index contributed by atoms with van der Waals surface area (Å²) in [6, 6.07) is 6.84. The van der Waals surface area contributed by atoms with Gasteiger partial charge in [0.05, 0.1) is 6.10 Å². The second-order valence-electron chi connectivity index (χ2n) is 5.69. The van der Waals surface area contributed by atoms with Gasteiger partial charge < -0.3 is 10.5 Å². The fraction of sp³-hybridized carbons (Fsp3) is 0.625. The number of nitrogens with zero attached hydrogens (tertiary/aromatic N) is 1. The van der Waals surface area contributed by atoms with Crippen LogP contribution in [0, 0.1) is 6.92 Å². The van der Waals surface area contributed by atoms with Gasteiger partial charge in [-0.25, -0.2) is 0 Å². The van der Waals surface area contributed by atoms with Crippen molar-refractivity contribution in [1.29, 1.82) is 0 Å². The summed E-state index contributed by atoms with van der Waals surface area (Å²) < 4.78 is 5.79. The second-order valence-corrected chi connectivity index (χ2v) is 5.69. The van der Waals surface area contributed by atoms with Crippen LogP contribution in [0.25, 0.3) is 0 Å². The molecule has 3 nitrogen and oxygen atoms in total. The Bertz CT molecular complexity index is 411. The number of hydrogen-bond acceptors (Lipinski definition) is 3. The molecule has 0 amide bonds. The minimum Gasteiger partial charge on any atom is -0.491 e. The fourth-order valence-corrected chi connectivity index (χ4v) is 2.82. The maximum Gasteiger partial charge on any atom is 0.122 e. The van der Waals surface area contributed by atoms with E-state index in [1.54, 1.807) is 0 Å². The minimum absolute atomic E-state index is 0.216. The van der Waals surface area contributed by atoms with E-state index in [-0.39, 0.29) is 6.10 Å². The molecule has 19 heavy (non-hydrogen) atoms. The zero-order valence-electron chi connectivity index (χ0n) is 12.4. The maximum absolute atomic E-state index is 5.98. The summed E-state index contributed by atoms with van der Waals surface area (Å²) in [6.07, 6.45) is 2.81. The molecule has 1 aliphatic rings. The van der Waals surface area contributed by atoms with E-state index in [2.05, 4.69) is 43.9 Å². The highest BCUT2D eigenvalue weighted by molar-refractivity contribution is 5.37. The number of likely N-dealkylation sites (tertiary alicyclic amines) is 1. The zero-order chi connectivity index (χ0) is 13.8. The molecule has 0 radical (unpaired) electrons. The Kier molecular flexibility index (Phi) is 4.83. The highest BCUT2D eigenvalue weighted by Crippen LogP contribution is 2.28. The number of aryl methyl sites for hydroxylation is 1. The van der Waals surface area contributed by atoms with Gasteiger partial charge in [-0.1, -0.05) is 12.1 Å². The van der Waals surface area contributed by atoms with E-state index >= 15 is 0 Å². The molecule has 106 valence electrons. The van der Waals surface area contributed by atoms with Crippen LogP contribution in [0.1, 0.15) is 43.9 Å². The van der Waals surface area contributed by atoms with Crippen LogP contribution in [0.4, 0.5) is 0 Å². The van der Waals surface area contributed by atoms with Gasteiger partial charge in [-0.15, -0.1) is 0 Å². The predicted molar refractivity (Wildman–Crippen MR) is 79.5 cm³/mol. The first-order valence-corrected chi connectivity index (χ1v) is 7.33. The summed E-state index contributed by atoms with van der Waals surface area (Å²) in [5.41, 5.74) is 8.50. The number of hydrogen-bond donors (Lipinski definition) is 1. The molecule has 1 heterocycles.